The van der Waals surface area contributed by atoms with Crippen LogP contribution in [-0.4, -0.2) is 24.5 Å². The minimum Gasteiger partial charge on any atom is -0.451 e. The Bertz CT molecular complexity index is 896. The topological polar surface area (TPSA) is 84.5 Å². The fourth-order valence-corrected chi connectivity index (χ4v) is 4.23. The molecule has 0 radical (unpaired) electrons. The first kappa shape index (κ1) is 20.0. The Kier molecular flexibility index (Phi) is 6.41. The van der Waals surface area contributed by atoms with Crippen LogP contribution in [0.25, 0.3) is 0 Å². The van der Waals surface area contributed by atoms with Crippen molar-refractivity contribution in [1.82, 2.24) is 5.32 Å². The summed E-state index contributed by atoms with van der Waals surface area (Å²) in [5.74, 6) is -1.36. The summed E-state index contributed by atoms with van der Waals surface area (Å²) in [5, 5.41) is 4.21. The average molecular weight is 404 g/mol. The second kappa shape index (κ2) is 8.97. The number of carbonyl (C=O) groups excluding carboxylic acids is 3. The smallest absolute Gasteiger partial charge is 0.348 e. The molecule has 0 spiro atoms. The molecule has 1 aromatic heterocycles. The highest BCUT2D eigenvalue weighted by Crippen LogP contribution is 2.33. The Hall–Kier alpha value is -2.74. The van der Waals surface area contributed by atoms with Gasteiger partial charge in [0, 0.05) is 4.88 Å². The number of anilines is 1. The molecule has 1 atom stereocenters. The van der Waals surface area contributed by atoms with E-state index in [1.807, 2.05) is 11.4 Å². The predicted octanol–water partition coefficient (Wildman–Crippen LogP) is 3.91. The molecule has 0 aliphatic heterocycles. The SMILES string of the molecule is CC[C@H]1CCc2sc(C(=O)OCC(=O)NC(=O)Nc3ccccc3F)cc2C1. The van der Waals surface area contributed by atoms with Crippen molar-refractivity contribution in [2.45, 2.75) is 32.6 Å². The van der Waals surface area contributed by atoms with Crippen molar-refractivity contribution in [2.24, 2.45) is 5.92 Å². The third kappa shape index (κ3) is 4.95. The lowest BCUT2D eigenvalue weighted by molar-refractivity contribution is -0.123. The average Bonchev–Trinajstić information content (AvgIpc) is 3.11. The normalized spacial score (nSPS) is 15.4. The summed E-state index contributed by atoms with van der Waals surface area (Å²) in [6, 6.07) is 6.51. The number of amides is 3. The highest BCUT2D eigenvalue weighted by atomic mass is 32.1. The Balaban J connectivity index is 1.48. The zero-order valence-electron chi connectivity index (χ0n) is 15.4. The molecule has 2 N–H and O–H groups in total. The van der Waals surface area contributed by atoms with Crippen LogP contribution in [0.15, 0.2) is 30.3 Å². The molecule has 3 rings (SSSR count). The third-order valence-electron chi connectivity index (χ3n) is 4.67. The molecule has 3 amide bonds. The molecular weight excluding hydrogens is 383 g/mol. The number of hydrogen-bond donors (Lipinski definition) is 2. The standard InChI is InChI=1S/C20H21FN2O4S/c1-2-12-7-8-16-13(9-12)10-17(28-16)19(25)27-11-18(24)23-20(26)22-15-6-4-3-5-14(15)21/h3-6,10,12H,2,7-9,11H2,1H3,(H2,22,23,24,26)/t12-/m0/s1. The summed E-state index contributed by atoms with van der Waals surface area (Å²) < 4.78 is 18.5. The van der Waals surface area contributed by atoms with Gasteiger partial charge in [0.25, 0.3) is 5.91 Å². The Morgan fingerprint density at radius 3 is 2.82 bits per heavy atom. The van der Waals surface area contributed by atoms with Crippen molar-refractivity contribution < 1.29 is 23.5 Å². The zero-order valence-corrected chi connectivity index (χ0v) is 16.2. The van der Waals surface area contributed by atoms with E-state index in [0.29, 0.717) is 10.8 Å². The van der Waals surface area contributed by atoms with E-state index in [1.54, 1.807) is 6.07 Å². The highest BCUT2D eigenvalue weighted by molar-refractivity contribution is 7.14. The van der Waals surface area contributed by atoms with Crippen LogP contribution in [0, 0.1) is 11.7 Å². The van der Waals surface area contributed by atoms with Crippen LogP contribution >= 0.6 is 11.3 Å². The van der Waals surface area contributed by atoms with Crippen LogP contribution in [0.5, 0.6) is 0 Å². The fraction of sp³-hybridized carbons (Fsp3) is 0.350. The predicted molar refractivity (Wildman–Crippen MR) is 104 cm³/mol. The molecule has 2 aromatic rings. The molecule has 28 heavy (non-hydrogen) atoms. The fourth-order valence-electron chi connectivity index (χ4n) is 3.13. The van der Waals surface area contributed by atoms with E-state index in [4.69, 9.17) is 4.74 Å². The second-order valence-corrected chi connectivity index (χ2v) is 7.77. The Labute approximate surface area is 166 Å². The summed E-state index contributed by atoms with van der Waals surface area (Å²) in [6.45, 7) is 1.57. The van der Waals surface area contributed by atoms with Crippen LogP contribution in [0.4, 0.5) is 14.9 Å². The van der Waals surface area contributed by atoms with Gasteiger partial charge in [0.2, 0.25) is 0 Å². The number of ether oxygens (including phenoxy) is 1. The number of nitrogens with one attached hydrogen (secondary N) is 2. The third-order valence-corrected chi connectivity index (χ3v) is 5.89. The lowest BCUT2D eigenvalue weighted by Crippen LogP contribution is -2.37. The van der Waals surface area contributed by atoms with E-state index >= 15 is 0 Å². The second-order valence-electron chi connectivity index (χ2n) is 6.63. The first-order valence-electron chi connectivity index (χ1n) is 9.10. The van der Waals surface area contributed by atoms with Crippen LogP contribution in [0.2, 0.25) is 0 Å². The van der Waals surface area contributed by atoms with Crippen molar-refractivity contribution in [1.29, 1.82) is 0 Å². The van der Waals surface area contributed by atoms with Crippen molar-refractivity contribution in [3.63, 3.8) is 0 Å². The van der Waals surface area contributed by atoms with Gasteiger partial charge < -0.3 is 10.1 Å². The van der Waals surface area contributed by atoms with Crippen molar-refractivity contribution in [2.75, 3.05) is 11.9 Å². The van der Waals surface area contributed by atoms with Gasteiger partial charge in [-0.1, -0.05) is 25.5 Å². The summed E-state index contributed by atoms with van der Waals surface area (Å²) in [7, 11) is 0. The molecule has 0 bridgehead atoms. The van der Waals surface area contributed by atoms with E-state index in [9.17, 15) is 18.8 Å². The van der Waals surface area contributed by atoms with Gasteiger partial charge in [-0.05, 0) is 48.9 Å². The van der Waals surface area contributed by atoms with Crippen molar-refractivity contribution in [3.8, 4) is 0 Å². The van der Waals surface area contributed by atoms with E-state index in [2.05, 4.69) is 12.2 Å². The van der Waals surface area contributed by atoms with Gasteiger partial charge in [0.05, 0.1) is 5.69 Å². The number of aryl methyl sites for hydroxylation is 1. The first-order chi connectivity index (χ1) is 13.5. The number of rotatable bonds is 5. The number of thiophene rings is 1. The Morgan fingerprint density at radius 1 is 1.29 bits per heavy atom. The van der Waals surface area contributed by atoms with Gasteiger partial charge in [-0.25, -0.2) is 14.0 Å². The number of hydrogen-bond acceptors (Lipinski definition) is 5. The highest BCUT2D eigenvalue weighted by Gasteiger charge is 2.23. The number of urea groups is 1. The Morgan fingerprint density at radius 2 is 2.07 bits per heavy atom. The number of imide groups is 1. The molecule has 0 fully saturated rings. The number of fused-ring (bicyclic) bond motifs is 1. The molecular formula is C20H21FN2O4S. The number of halogens is 1. The monoisotopic (exact) mass is 404 g/mol. The zero-order chi connectivity index (χ0) is 20.1. The summed E-state index contributed by atoms with van der Waals surface area (Å²) in [5.41, 5.74) is 1.13. The molecule has 0 saturated carbocycles. The molecule has 1 aromatic carbocycles. The maximum absolute atomic E-state index is 13.5. The van der Waals surface area contributed by atoms with Gasteiger partial charge in [0.15, 0.2) is 6.61 Å². The van der Waals surface area contributed by atoms with Crippen LogP contribution < -0.4 is 10.6 Å². The molecule has 1 aliphatic rings. The van der Waals surface area contributed by atoms with Gasteiger partial charge in [-0.2, -0.15) is 0 Å². The first-order valence-corrected chi connectivity index (χ1v) is 9.92. The summed E-state index contributed by atoms with van der Waals surface area (Å²) >= 11 is 1.40. The lowest BCUT2D eigenvalue weighted by atomic mass is 9.87. The maximum Gasteiger partial charge on any atom is 0.348 e. The number of para-hydroxylation sites is 1. The molecule has 0 unspecified atom stereocenters. The molecule has 148 valence electrons. The lowest BCUT2D eigenvalue weighted by Gasteiger charge is -2.19. The molecule has 1 heterocycles. The van der Waals surface area contributed by atoms with E-state index in [-0.39, 0.29) is 5.69 Å². The molecule has 0 saturated heterocycles. The van der Waals surface area contributed by atoms with Gasteiger partial charge >= 0.3 is 12.0 Å². The van der Waals surface area contributed by atoms with Gasteiger partial charge in [0.1, 0.15) is 10.7 Å². The number of esters is 1. The van der Waals surface area contributed by atoms with Crippen LogP contribution in [0.1, 0.15) is 39.9 Å². The summed E-state index contributed by atoms with van der Waals surface area (Å²) in [6.07, 6.45) is 4.16. The maximum atomic E-state index is 13.5. The number of carbonyl (C=O) groups is 3. The van der Waals surface area contributed by atoms with Crippen molar-refractivity contribution in [3.05, 3.63) is 51.5 Å². The quantitative estimate of drug-likeness (QED) is 0.740. The molecule has 8 heteroatoms. The van der Waals surface area contributed by atoms with E-state index in [0.717, 1.165) is 25.7 Å². The molecule has 6 nitrogen and oxygen atoms in total. The summed E-state index contributed by atoms with van der Waals surface area (Å²) in [4.78, 5) is 37.4. The van der Waals surface area contributed by atoms with Crippen LogP contribution in [0.3, 0.4) is 0 Å². The largest absolute Gasteiger partial charge is 0.451 e. The van der Waals surface area contributed by atoms with Gasteiger partial charge in [-0.15, -0.1) is 11.3 Å². The minimum absolute atomic E-state index is 0.0562. The minimum atomic E-state index is -0.900. The molecule has 1 aliphatic carbocycles. The van der Waals surface area contributed by atoms with Crippen molar-refractivity contribution >= 4 is 34.9 Å². The van der Waals surface area contributed by atoms with E-state index < -0.39 is 30.3 Å². The van der Waals surface area contributed by atoms with Crippen LogP contribution in [-0.2, 0) is 22.4 Å². The number of benzene rings is 1. The van der Waals surface area contributed by atoms with Gasteiger partial charge in [-0.3, -0.25) is 10.1 Å². The van der Waals surface area contributed by atoms with E-state index in [1.165, 1.54) is 40.0 Å².